The van der Waals surface area contributed by atoms with Crippen molar-refractivity contribution in [1.82, 2.24) is 4.90 Å². The minimum absolute atomic E-state index is 0.110. The van der Waals surface area contributed by atoms with Gasteiger partial charge in [-0.2, -0.15) is 0 Å². The van der Waals surface area contributed by atoms with Gasteiger partial charge in [-0.15, -0.1) is 0 Å². The van der Waals surface area contributed by atoms with E-state index in [0.717, 1.165) is 11.1 Å². The van der Waals surface area contributed by atoms with Gasteiger partial charge in [-0.25, -0.2) is 0 Å². The smallest absolute Gasteiger partial charge is 0.264 e. The molecule has 1 N–H and O–H groups in total. The van der Waals surface area contributed by atoms with Gasteiger partial charge < -0.3 is 10.1 Å². The molecule has 0 fully saturated rings. The normalized spacial score (nSPS) is 12.8. The van der Waals surface area contributed by atoms with E-state index in [1.807, 2.05) is 0 Å². The number of ether oxygens (including phenoxy) is 1. The van der Waals surface area contributed by atoms with Crippen LogP contribution in [0.15, 0.2) is 66.7 Å². The number of amides is 3. The Hall–Kier alpha value is -3.64. The fourth-order valence-corrected chi connectivity index (χ4v) is 3.72. The topological polar surface area (TPSA) is 75.7 Å². The van der Waals surface area contributed by atoms with Gasteiger partial charge in [0.25, 0.3) is 11.8 Å². The average molecular weight is 435 g/mol. The predicted molar refractivity (Wildman–Crippen MR) is 117 cm³/mol. The summed E-state index contributed by atoms with van der Waals surface area (Å²) in [6, 6.07) is 18.8. The van der Waals surface area contributed by atoms with E-state index in [4.69, 9.17) is 16.3 Å². The first-order valence-electron chi connectivity index (χ1n) is 9.62. The molecule has 0 saturated carbocycles. The van der Waals surface area contributed by atoms with Crippen LogP contribution in [-0.4, -0.2) is 29.7 Å². The number of anilines is 1. The molecule has 6 nitrogen and oxygen atoms in total. The number of imide groups is 1. The number of carbonyl (C=O) groups excluding carboxylic acids is 3. The second-order valence-electron chi connectivity index (χ2n) is 7.11. The van der Waals surface area contributed by atoms with Crippen LogP contribution in [0.3, 0.4) is 0 Å². The molecule has 7 heteroatoms. The molecule has 3 aromatic rings. The molecule has 31 heavy (non-hydrogen) atoms. The Kier molecular flexibility index (Phi) is 5.73. The zero-order chi connectivity index (χ0) is 22.0. The Morgan fingerprint density at radius 1 is 1.00 bits per heavy atom. The summed E-state index contributed by atoms with van der Waals surface area (Å²) < 4.78 is 5.26. The molecule has 0 radical (unpaired) electrons. The van der Waals surface area contributed by atoms with Gasteiger partial charge in [0.1, 0.15) is 5.75 Å². The maximum atomic E-state index is 13.0. The molecule has 1 aliphatic rings. The standard InChI is InChI=1S/C24H19ClN2O4/c1-31-21-8-3-2-7-20(21)24(30)27-14-17-12-19(10-9-15(17)13-22(27)28)26-23(29)16-5-4-6-18(25)11-16/h2-12H,13-14H2,1H3,(H,26,29). The molecular weight excluding hydrogens is 416 g/mol. The maximum absolute atomic E-state index is 13.0. The number of halogens is 1. The van der Waals surface area contributed by atoms with E-state index in [1.165, 1.54) is 12.0 Å². The monoisotopic (exact) mass is 434 g/mol. The number of carbonyl (C=O) groups is 3. The lowest BCUT2D eigenvalue weighted by molar-refractivity contribution is -0.129. The third-order valence-electron chi connectivity index (χ3n) is 5.10. The van der Waals surface area contributed by atoms with E-state index in [2.05, 4.69) is 5.32 Å². The SMILES string of the molecule is COc1ccccc1C(=O)N1Cc2cc(NC(=O)c3cccc(Cl)c3)ccc2CC1=O. The number of methoxy groups -OCH3 is 1. The molecule has 0 bridgehead atoms. The van der Waals surface area contributed by atoms with Crippen molar-refractivity contribution in [3.05, 3.63) is 94.0 Å². The molecule has 0 aromatic heterocycles. The quantitative estimate of drug-likeness (QED) is 0.620. The summed E-state index contributed by atoms with van der Waals surface area (Å²) in [6.45, 7) is 0.117. The third kappa shape index (κ3) is 4.29. The summed E-state index contributed by atoms with van der Waals surface area (Å²) in [7, 11) is 1.48. The molecule has 1 heterocycles. The lowest BCUT2D eigenvalue weighted by Gasteiger charge is -2.28. The molecule has 0 spiro atoms. The van der Waals surface area contributed by atoms with E-state index >= 15 is 0 Å². The molecule has 0 aliphatic carbocycles. The lowest BCUT2D eigenvalue weighted by Crippen LogP contribution is -2.40. The molecule has 156 valence electrons. The van der Waals surface area contributed by atoms with Crippen molar-refractivity contribution in [2.75, 3.05) is 12.4 Å². The van der Waals surface area contributed by atoms with E-state index in [0.29, 0.717) is 27.6 Å². The minimum Gasteiger partial charge on any atom is -0.496 e. The van der Waals surface area contributed by atoms with Crippen molar-refractivity contribution in [2.45, 2.75) is 13.0 Å². The Balaban J connectivity index is 1.57. The number of para-hydroxylation sites is 1. The molecule has 4 rings (SSSR count). The molecule has 3 amide bonds. The first-order valence-corrected chi connectivity index (χ1v) is 10.0. The second kappa shape index (κ2) is 8.62. The van der Waals surface area contributed by atoms with Crippen LogP contribution in [0.25, 0.3) is 0 Å². The average Bonchev–Trinajstić information content (AvgIpc) is 2.78. The van der Waals surface area contributed by atoms with Crippen molar-refractivity contribution < 1.29 is 19.1 Å². The Labute approximate surface area is 184 Å². The summed E-state index contributed by atoms with van der Waals surface area (Å²) in [5.41, 5.74) is 2.96. The van der Waals surface area contributed by atoms with Crippen molar-refractivity contribution in [1.29, 1.82) is 0 Å². The van der Waals surface area contributed by atoms with E-state index in [9.17, 15) is 14.4 Å². The van der Waals surface area contributed by atoms with Crippen LogP contribution in [-0.2, 0) is 17.8 Å². The highest BCUT2D eigenvalue weighted by atomic mass is 35.5. The molecule has 3 aromatic carbocycles. The zero-order valence-corrected chi connectivity index (χ0v) is 17.5. The lowest BCUT2D eigenvalue weighted by atomic mass is 9.97. The van der Waals surface area contributed by atoms with Gasteiger partial charge in [0.2, 0.25) is 5.91 Å². The van der Waals surface area contributed by atoms with Crippen LogP contribution in [0, 0.1) is 0 Å². The third-order valence-corrected chi connectivity index (χ3v) is 5.34. The van der Waals surface area contributed by atoms with Crippen LogP contribution in [0.2, 0.25) is 5.02 Å². The van der Waals surface area contributed by atoms with Gasteiger partial charge in [0.15, 0.2) is 0 Å². The fourth-order valence-electron chi connectivity index (χ4n) is 3.52. The van der Waals surface area contributed by atoms with Crippen LogP contribution < -0.4 is 10.1 Å². The molecule has 1 aliphatic heterocycles. The van der Waals surface area contributed by atoms with Crippen LogP contribution in [0.1, 0.15) is 31.8 Å². The van der Waals surface area contributed by atoms with Gasteiger partial charge in [-0.05, 0) is 53.6 Å². The van der Waals surface area contributed by atoms with Gasteiger partial charge in [0.05, 0.1) is 25.6 Å². The first-order chi connectivity index (χ1) is 15.0. The maximum Gasteiger partial charge on any atom is 0.264 e. The summed E-state index contributed by atoms with van der Waals surface area (Å²) in [6.07, 6.45) is 0.110. The van der Waals surface area contributed by atoms with E-state index in [1.54, 1.807) is 66.7 Å². The van der Waals surface area contributed by atoms with Gasteiger partial charge in [-0.1, -0.05) is 35.9 Å². The second-order valence-corrected chi connectivity index (χ2v) is 7.55. The van der Waals surface area contributed by atoms with Gasteiger partial charge in [-0.3, -0.25) is 19.3 Å². The van der Waals surface area contributed by atoms with Gasteiger partial charge >= 0.3 is 0 Å². The Morgan fingerprint density at radius 3 is 2.58 bits per heavy atom. The summed E-state index contributed by atoms with van der Waals surface area (Å²) in [4.78, 5) is 39.4. The highest BCUT2D eigenvalue weighted by Gasteiger charge is 2.30. The van der Waals surface area contributed by atoms with Crippen molar-refractivity contribution in [2.24, 2.45) is 0 Å². The van der Waals surface area contributed by atoms with Crippen LogP contribution in [0.5, 0.6) is 5.75 Å². The van der Waals surface area contributed by atoms with Gasteiger partial charge in [0, 0.05) is 16.3 Å². The Morgan fingerprint density at radius 2 is 1.81 bits per heavy atom. The number of nitrogens with one attached hydrogen (secondary N) is 1. The molecular formula is C24H19ClN2O4. The van der Waals surface area contributed by atoms with E-state index in [-0.39, 0.29) is 24.8 Å². The largest absolute Gasteiger partial charge is 0.496 e. The van der Waals surface area contributed by atoms with Crippen LogP contribution in [0.4, 0.5) is 5.69 Å². The number of hydrogen-bond acceptors (Lipinski definition) is 4. The number of benzene rings is 3. The fraction of sp³-hybridized carbons (Fsp3) is 0.125. The van der Waals surface area contributed by atoms with Crippen molar-refractivity contribution >= 4 is 35.0 Å². The predicted octanol–water partition coefficient (Wildman–Crippen LogP) is 4.33. The number of nitrogens with zero attached hydrogens (tertiary/aromatic N) is 1. The number of rotatable bonds is 4. The summed E-state index contributed by atoms with van der Waals surface area (Å²) in [5.74, 6) is -0.578. The van der Waals surface area contributed by atoms with E-state index < -0.39 is 5.91 Å². The highest BCUT2D eigenvalue weighted by Crippen LogP contribution is 2.27. The van der Waals surface area contributed by atoms with Crippen molar-refractivity contribution in [3.63, 3.8) is 0 Å². The van der Waals surface area contributed by atoms with Crippen molar-refractivity contribution in [3.8, 4) is 5.75 Å². The molecule has 0 unspecified atom stereocenters. The highest BCUT2D eigenvalue weighted by molar-refractivity contribution is 6.31. The number of fused-ring (bicyclic) bond motifs is 1. The number of hydrogen-bond donors (Lipinski definition) is 1. The molecule has 0 atom stereocenters. The minimum atomic E-state index is -0.415. The van der Waals surface area contributed by atoms with Crippen LogP contribution >= 0.6 is 11.6 Å². The Bertz CT molecular complexity index is 1190. The first kappa shape index (κ1) is 20.6. The summed E-state index contributed by atoms with van der Waals surface area (Å²) in [5, 5.41) is 3.31. The summed E-state index contributed by atoms with van der Waals surface area (Å²) >= 11 is 5.96. The zero-order valence-electron chi connectivity index (χ0n) is 16.7. The molecule has 0 saturated heterocycles.